The molecule has 0 spiro atoms. The number of hydrogen-bond acceptors (Lipinski definition) is 2. The molecule has 2 atom stereocenters. The van der Waals surface area contributed by atoms with Crippen LogP contribution in [0.15, 0.2) is 30.3 Å². The topological polar surface area (TPSA) is 32.3 Å². The molecule has 1 amide bonds. The molecule has 0 bridgehead atoms. The summed E-state index contributed by atoms with van der Waals surface area (Å²) in [6.45, 7) is 6.32. The first kappa shape index (κ1) is 13.1. The van der Waals surface area contributed by atoms with Crippen LogP contribution in [0.5, 0.6) is 0 Å². The first-order valence-corrected chi connectivity index (χ1v) is 6.77. The van der Waals surface area contributed by atoms with Gasteiger partial charge in [-0.15, -0.1) is 0 Å². The molecule has 1 fully saturated rings. The molecule has 1 N–H and O–H groups in total. The molecule has 1 aromatic carbocycles. The van der Waals surface area contributed by atoms with Gasteiger partial charge in [-0.3, -0.25) is 9.69 Å². The molecule has 1 aliphatic rings. The molecule has 98 valence electrons. The van der Waals surface area contributed by atoms with Crippen LogP contribution in [0.1, 0.15) is 26.7 Å². The Hall–Kier alpha value is -1.35. The van der Waals surface area contributed by atoms with Crippen LogP contribution in [0.2, 0.25) is 0 Å². The van der Waals surface area contributed by atoms with E-state index in [0.717, 1.165) is 18.8 Å². The van der Waals surface area contributed by atoms with Crippen LogP contribution >= 0.6 is 0 Å². The molecule has 3 heteroatoms. The van der Waals surface area contributed by atoms with Gasteiger partial charge in [0.1, 0.15) is 0 Å². The second-order valence-electron chi connectivity index (χ2n) is 5.27. The molecule has 1 saturated heterocycles. The number of nitrogens with one attached hydrogen (secondary N) is 1. The SMILES string of the molecule is C[C@@H]1CCCN([C@@H](C)C(=O)Nc2ccccc2)C1. The van der Waals surface area contributed by atoms with Gasteiger partial charge >= 0.3 is 0 Å². The minimum atomic E-state index is -0.0482. The average molecular weight is 246 g/mol. The Kier molecular flexibility index (Phi) is 4.37. The van der Waals surface area contributed by atoms with Crippen molar-refractivity contribution in [2.24, 2.45) is 5.92 Å². The van der Waals surface area contributed by atoms with Crippen LogP contribution in [0.25, 0.3) is 0 Å². The highest BCUT2D eigenvalue weighted by molar-refractivity contribution is 5.94. The second kappa shape index (κ2) is 6.01. The molecule has 18 heavy (non-hydrogen) atoms. The minimum Gasteiger partial charge on any atom is -0.325 e. The quantitative estimate of drug-likeness (QED) is 0.889. The van der Waals surface area contributed by atoms with Crippen LogP contribution in [0.4, 0.5) is 5.69 Å². The number of para-hydroxylation sites is 1. The minimum absolute atomic E-state index is 0.0482. The molecular formula is C15H22N2O. The highest BCUT2D eigenvalue weighted by atomic mass is 16.2. The number of likely N-dealkylation sites (tertiary alicyclic amines) is 1. The van der Waals surface area contributed by atoms with Gasteiger partial charge in [0.25, 0.3) is 0 Å². The second-order valence-corrected chi connectivity index (χ2v) is 5.27. The maximum atomic E-state index is 12.2. The molecule has 2 rings (SSSR count). The van der Waals surface area contributed by atoms with Crippen LogP contribution in [-0.4, -0.2) is 29.9 Å². The summed E-state index contributed by atoms with van der Waals surface area (Å²) in [5.41, 5.74) is 0.874. The largest absolute Gasteiger partial charge is 0.325 e. The number of carbonyl (C=O) groups excluding carboxylic acids is 1. The number of rotatable bonds is 3. The smallest absolute Gasteiger partial charge is 0.241 e. The van der Waals surface area contributed by atoms with Gasteiger partial charge in [0, 0.05) is 12.2 Å². The summed E-state index contributed by atoms with van der Waals surface area (Å²) < 4.78 is 0. The summed E-state index contributed by atoms with van der Waals surface area (Å²) in [4.78, 5) is 14.4. The van der Waals surface area contributed by atoms with E-state index in [-0.39, 0.29) is 11.9 Å². The molecule has 3 nitrogen and oxygen atoms in total. The lowest BCUT2D eigenvalue weighted by molar-refractivity contribution is -0.121. The van der Waals surface area contributed by atoms with Crippen LogP contribution < -0.4 is 5.32 Å². The van der Waals surface area contributed by atoms with Gasteiger partial charge in [0.2, 0.25) is 5.91 Å². The lowest BCUT2D eigenvalue weighted by Crippen LogP contribution is -2.46. The number of anilines is 1. The fourth-order valence-electron chi connectivity index (χ4n) is 2.51. The van der Waals surface area contributed by atoms with Gasteiger partial charge in [-0.05, 0) is 44.4 Å². The number of carbonyl (C=O) groups is 1. The monoisotopic (exact) mass is 246 g/mol. The Morgan fingerprint density at radius 2 is 2.11 bits per heavy atom. The van der Waals surface area contributed by atoms with Gasteiger partial charge in [0.05, 0.1) is 6.04 Å². The van der Waals surface area contributed by atoms with Crippen molar-refractivity contribution in [3.63, 3.8) is 0 Å². The molecule has 1 heterocycles. The predicted molar refractivity (Wildman–Crippen MR) is 74.5 cm³/mol. The zero-order valence-corrected chi connectivity index (χ0v) is 11.2. The van der Waals surface area contributed by atoms with E-state index < -0.39 is 0 Å². The van der Waals surface area contributed by atoms with Crippen molar-refractivity contribution in [3.05, 3.63) is 30.3 Å². The van der Waals surface area contributed by atoms with Crippen LogP contribution in [-0.2, 0) is 4.79 Å². The molecule has 0 aliphatic carbocycles. The third-order valence-electron chi connectivity index (χ3n) is 3.66. The molecular weight excluding hydrogens is 224 g/mol. The van der Waals surface area contributed by atoms with Crippen LogP contribution in [0, 0.1) is 5.92 Å². The summed E-state index contributed by atoms with van der Waals surface area (Å²) in [6.07, 6.45) is 2.48. The van der Waals surface area contributed by atoms with Gasteiger partial charge in [-0.1, -0.05) is 25.1 Å². The van der Waals surface area contributed by atoms with E-state index in [4.69, 9.17) is 0 Å². The Balaban J connectivity index is 1.92. The molecule has 1 aliphatic heterocycles. The number of amides is 1. The third-order valence-corrected chi connectivity index (χ3v) is 3.66. The van der Waals surface area contributed by atoms with Gasteiger partial charge in [-0.2, -0.15) is 0 Å². The fourth-order valence-corrected chi connectivity index (χ4v) is 2.51. The van der Waals surface area contributed by atoms with Crippen LogP contribution in [0.3, 0.4) is 0 Å². The Labute approximate surface area is 109 Å². The summed E-state index contributed by atoms with van der Waals surface area (Å²) >= 11 is 0. The van der Waals surface area contributed by atoms with Crippen molar-refractivity contribution >= 4 is 11.6 Å². The zero-order chi connectivity index (χ0) is 13.0. The molecule has 0 aromatic heterocycles. The fraction of sp³-hybridized carbons (Fsp3) is 0.533. The van der Waals surface area contributed by atoms with E-state index in [1.54, 1.807) is 0 Å². The van der Waals surface area contributed by atoms with E-state index in [1.807, 2.05) is 37.3 Å². The van der Waals surface area contributed by atoms with E-state index in [2.05, 4.69) is 17.1 Å². The molecule has 1 aromatic rings. The van der Waals surface area contributed by atoms with Crippen molar-refractivity contribution in [2.45, 2.75) is 32.7 Å². The first-order chi connectivity index (χ1) is 8.66. The molecule has 0 radical (unpaired) electrons. The number of nitrogens with zero attached hydrogens (tertiary/aromatic N) is 1. The number of piperidine rings is 1. The van der Waals surface area contributed by atoms with Crippen molar-refractivity contribution in [3.8, 4) is 0 Å². The zero-order valence-electron chi connectivity index (χ0n) is 11.2. The third kappa shape index (κ3) is 3.33. The van der Waals surface area contributed by atoms with E-state index in [1.165, 1.54) is 12.8 Å². The van der Waals surface area contributed by atoms with E-state index in [9.17, 15) is 4.79 Å². The van der Waals surface area contributed by atoms with Crippen molar-refractivity contribution in [1.82, 2.24) is 4.90 Å². The standard InChI is InChI=1S/C15H22N2O/c1-12-7-6-10-17(11-12)13(2)15(18)16-14-8-4-3-5-9-14/h3-5,8-9,12-13H,6-7,10-11H2,1-2H3,(H,16,18)/t12-,13+/m1/s1. The lowest BCUT2D eigenvalue weighted by atomic mass is 9.99. The normalized spacial score (nSPS) is 22.4. The Morgan fingerprint density at radius 1 is 1.39 bits per heavy atom. The van der Waals surface area contributed by atoms with Gasteiger partial charge in [0.15, 0.2) is 0 Å². The van der Waals surface area contributed by atoms with E-state index >= 15 is 0 Å². The van der Waals surface area contributed by atoms with E-state index in [0.29, 0.717) is 5.92 Å². The highest BCUT2D eigenvalue weighted by Crippen LogP contribution is 2.18. The van der Waals surface area contributed by atoms with Gasteiger partial charge < -0.3 is 5.32 Å². The lowest BCUT2D eigenvalue weighted by Gasteiger charge is -2.34. The summed E-state index contributed by atoms with van der Waals surface area (Å²) in [6, 6.07) is 9.61. The summed E-state index contributed by atoms with van der Waals surface area (Å²) in [5.74, 6) is 0.793. The summed E-state index contributed by atoms with van der Waals surface area (Å²) in [7, 11) is 0. The number of benzene rings is 1. The molecule has 0 unspecified atom stereocenters. The van der Waals surface area contributed by atoms with Crippen molar-refractivity contribution in [1.29, 1.82) is 0 Å². The van der Waals surface area contributed by atoms with Crippen molar-refractivity contribution in [2.75, 3.05) is 18.4 Å². The maximum Gasteiger partial charge on any atom is 0.241 e. The maximum absolute atomic E-state index is 12.2. The van der Waals surface area contributed by atoms with Crippen molar-refractivity contribution < 1.29 is 4.79 Å². The predicted octanol–water partition coefficient (Wildman–Crippen LogP) is 2.75. The van der Waals surface area contributed by atoms with Gasteiger partial charge in [-0.25, -0.2) is 0 Å². The molecule has 0 saturated carbocycles. The Bertz CT molecular complexity index is 391. The number of hydrogen-bond donors (Lipinski definition) is 1. The Morgan fingerprint density at radius 3 is 2.78 bits per heavy atom. The average Bonchev–Trinajstić information content (AvgIpc) is 2.39. The highest BCUT2D eigenvalue weighted by Gasteiger charge is 2.25. The first-order valence-electron chi connectivity index (χ1n) is 6.77. The summed E-state index contributed by atoms with van der Waals surface area (Å²) in [5, 5.41) is 2.97.